The van der Waals surface area contributed by atoms with Crippen LogP contribution in [0.3, 0.4) is 0 Å². The molecular weight excluding hydrogens is 272 g/mol. The molecule has 0 fully saturated rings. The van der Waals surface area contributed by atoms with Gasteiger partial charge in [-0.3, -0.25) is 9.59 Å². The first kappa shape index (κ1) is 16.7. The zero-order chi connectivity index (χ0) is 16.0. The lowest BCUT2D eigenvalue weighted by atomic mass is 10.1. The summed E-state index contributed by atoms with van der Waals surface area (Å²) in [6, 6.07) is 4.45. The van der Waals surface area contributed by atoms with E-state index in [2.05, 4.69) is 5.32 Å². The lowest BCUT2D eigenvalue weighted by molar-refractivity contribution is -0.121. The van der Waals surface area contributed by atoms with Crippen molar-refractivity contribution in [2.75, 3.05) is 19.6 Å². The van der Waals surface area contributed by atoms with Gasteiger partial charge < -0.3 is 15.3 Å². The standard InChI is InChI=1S/C15H20N2O4/c1-4-16-13(18)9-17(5-2)14(19)11-6-10(3)7-12(8-11)15(20)21/h6-8H,4-5,9H2,1-3H3,(H,16,18)(H,20,21). The Balaban J connectivity index is 2.99. The highest BCUT2D eigenvalue weighted by Crippen LogP contribution is 2.12. The molecule has 0 unspecified atom stereocenters. The fourth-order valence-electron chi connectivity index (χ4n) is 1.97. The molecule has 0 radical (unpaired) electrons. The maximum atomic E-state index is 12.4. The molecule has 6 nitrogen and oxygen atoms in total. The van der Waals surface area contributed by atoms with Crippen LogP contribution in [0.4, 0.5) is 0 Å². The van der Waals surface area contributed by atoms with Gasteiger partial charge >= 0.3 is 5.97 Å². The van der Waals surface area contributed by atoms with E-state index >= 15 is 0 Å². The molecule has 0 bridgehead atoms. The van der Waals surface area contributed by atoms with Gasteiger partial charge in [-0.1, -0.05) is 0 Å². The summed E-state index contributed by atoms with van der Waals surface area (Å²) in [6.07, 6.45) is 0. The van der Waals surface area contributed by atoms with E-state index < -0.39 is 5.97 Å². The first-order valence-electron chi connectivity index (χ1n) is 6.80. The highest BCUT2D eigenvalue weighted by atomic mass is 16.4. The summed E-state index contributed by atoms with van der Waals surface area (Å²) in [4.78, 5) is 36.4. The minimum Gasteiger partial charge on any atom is -0.478 e. The summed E-state index contributed by atoms with van der Waals surface area (Å²) >= 11 is 0. The molecule has 0 atom stereocenters. The third-order valence-corrected chi connectivity index (χ3v) is 2.95. The van der Waals surface area contributed by atoms with Crippen LogP contribution >= 0.6 is 0 Å². The van der Waals surface area contributed by atoms with Crippen molar-refractivity contribution < 1.29 is 19.5 Å². The number of nitrogens with one attached hydrogen (secondary N) is 1. The summed E-state index contributed by atoms with van der Waals surface area (Å²) in [5.41, 5.74) is 1.03. The number of aromatic carboxylic acids is 1. The van der Waals surface area contributed by atoms with E-state index in [1.807, 2.05) is 0 Å². The van der Waals surface area contributed by atoms with Crippen LogP contribution in [0.25, 0.3) is 0 Å². The van der Waals surface area contributed by atoms with Crippen LogP contribution in [-0.2, 0) is 4.79 Å². The largest absolute Gasteiger partial charge is 0.478 e. The average molecular weight is 292 g/mol. The molecule has 1 rings (SSSR count). The third-order valence-electron chi connectivity index (χ3n) is 2.95. The molecular formula is C15H20N2O4. The van der Waals surface area contributed by atoms with Crippen molar-refractivity contribution in [3.63, 3.8) is 0 Å². The van der Waals surface area contributed by atoms with Gasteiger partial charge in [0.25, 0.3) is 5.91 Å². The Labute approximate surface area is 123 Å². The summed E-state index contributed by atoms with van der Waals surface area (Å²) < 4.78 is 0. The predicted molar refractivity (Wildman–Crippen MR) is 78.4 cm³/mol. The Morgan fingerprint density at radius 3 is 2.29 bits per heavy atom. The molecule has 0 heterocycles. The van der Waals surface area contributed by atoms with Crippen molar-refractivity contribution in [1.29, 1.82) is 0 Å². The molecule has 21 heavy (non-hydrogen) atoms. The second-order valence-corrected chi connectivity index (χ2v) is 4.67. The maximum Gasteiger partial charge on any atom is 0.335 e. The van der Waals surface area contributed by atoms with Crippen LogP contribution in [0.2, 0.25) is 0 Å². The molecule has 0 spiro atoms. The van der Waals surface area contributed by atoms with Crippen LogP contribution in [0.1, 0.15) is 40.1 Å². The molecule has 0 aliphatic carbocycles. The number of carboxylic acid groups (broad SMARTS) is 1. The number of amides is 2. The van der Waals surface area contributed by atoms with Gasteiger partial charge in [0.05, 0.1) is 12.1 Å². The van der Waals surface area contributed by atoms with Gasteiger partial charge in [-0.25, -0.2) is 4.79 Å². The smallest absolute Gasteiger partial charge is 0.335 e. The SMILES string of the molecule is CCNC(=O)CN(CC)C(=O)c1cc(C)cc(C(=O)O)c1. The number of rotatable bonds is 6. The second kappa shape index (κ2) is 7.42. The molecule has 0 aliphatic heterocycles. The van der Waals surface area contributed by atoms with Crippen molar-refractivity contribution in [3.05, 3.63) is 34.9 Å². The van der Waals surface area contributed by atoms with Crippen LogP contribution < -0.4 is 5.32 Å². The highest BCUT2D eigenvalue weighted by Gasteiger charge is 2.18. The Morgan fingerprint density at radius 2 is 1.76 bits per heavy atom. The van der Waals surface area contributed by atoms with Gasteiger partial charge in [0.2, 0.25) is 5.91 Å². The van der Waals surface area contributed by atoms with Crippen molar-refractivity contribution in [2.45, 2.75) is 20.8 Å². The van der Waals surface area contributed by atoms with Crippen LogP contribution in [0.5, 0.6) is 0 Å². The van der Waals surface area contributed by atoms with Gasteiger partial charge in [0.1, 0.15) is 0 Å². The number of aryl methyl sites for hydroxylation is 1. The predicted octanol–water partition coefficient (Wildman–Crippen LogP) is 1.29. The molecule has 1 aromatic rings. The van der Waals surface area contributed by atoms with Crippen LogP contribution in [0, 0.1) is 6.92 Å². The fraction of sp³-hybridized carbons (Fsp3) is 0.400. The highest BCUT2D eigenvalue weighted by molar-refractivity contribution is 5.99. The van der Waals surface area contributed by atoms with Gasteiger partial charge in [-0.15, -0.1) is 0 Å². The molecule has 0 saturated heterocycles. The van der Waals surface area contributed by atoms with Gasteiger partial charge in [-0.05, 0) is 44.5 Å². The molecule has 0 aliphatic rings. The monoisotopic (exact) mass is 292 g/mol. The zero-order valence-corrected chi connectivity index (χ0v) is 12.5. The van der Waals surface area contributed by atoms with E-state index in [9.17, 15) is 14.4 Å². The Hall–Kier alpha value is -2.37. The van der Waals surface area contributed by atoms with Gasteiger partial charge in [0.15, 0.2) is 0 Å². The second-order valence-electron chi connectivity index (χ2n) is 4.67. The molecule has 0 saturated carbocycles. The van der Waals surface area contributed by atoms with Crippen molar-refractivity contribution in [2.24, 2.45) is 0 Å². The molecule has 2 N–H and O–H groups in total. The van der Waals surface area contributed by atoms with E-state index in [1.54, 1.807) is 26.8 Å². The van der Waals surface area contributed by atoms with Gasteiger partial charge in [-0.2, -0.15) is 0 Å². The number of carbonyl (C=O) groups is 3. The van der Waals surface area contributed by atoms with Gasteiger partial charge in [0, 0.05) is 18.7 Å². The Bertz CT molecular complexity index is 555. The Kier molecular flexibility index (Phi) is 5.90. The topological polar surface area (TPSA) is 86.7 Å². The summed E-state index contributed by atoms with van der Waals surface area (Å²) in [5, 5.41) is 11.7. The molecule has 2 amide bonds. The molecule has 1 aromatic carbocycles. The van der Waals surface area contributed by atoms with E-state index in [1.165, 1.54) is 17.0 Å². The summed E-state index contributed by atoms with van der Waals surface area (Å²) in [7, 11) is 0. The number of carbonyl (C=O) groups excluding carboxylic acids is 2. The fourth-order valence-corrected chi connectivity index (χ4v) is 1.97. The number of nitrogens with zero attached hydrogens (tertiary/aromatic N) is 1. The first-order chi connectivity index (χ1) is 9.88. The zero-order valence-electron chi connectivity index (χ0n) is 12.5. The van der Waals surface area contributed by atoms with Crippen molar-refractivity contribution >= 4 is 17.8 Å². The number of benzene rings is 1. The molecule has 6 heteroatoms. The van der Waals surface area contributed by atoms with E-state index in [-0.39, 0.29) is 29.5 Å². The Morgan fingerprint density at radius 1 is 1.14 bits per heavy atom. The van der Waals surface area contributed by atoms with Crippen LogP contribution in [0.15, 0.2) is 18.2 Å². The minimum atomic E-state index is -1.08. The first-order valence-corrected chi connectivity index (χ1v) is 6.80. The average Bonchev–Trinajstić information content (AvgIpc) is 2.43. The number of hydrogen-bond acceptors (Lipinski definition) is 3. The van der Waals surface area contributed by atoms with E-state index in [4.69, 9.17) is 5.11 Å². The third kappa shape index (κ3) is 4.59. The maximum absolute atomic E-state index is 12.4. The quantitative estimate of drug-likeness (QED) is 0.827. The number of likely N-dealkylation sites (N-methyl/N-ethyl adjacent to an activating group) is 2. The number of carboxylic acids is 1. The minimum absolute atomic E-state index is 0.0421. The summed E-state index contributed by atoms with van der Waals surface area (Å²) in [6.45, 7) is 6.12. The van der Waals surface area contributed by atoms with Crippen molar-refractivity contribution in [1.82, 2.24) is 10.2 Å². The van der Waals surface area contributed by atoms with E-state index in [0.29, 0.717) is 18.7 Å². The lowest BCUT2D eigenvalue weighted by Crippen LogP contribution is -2.40. The van der Waals surface area contributed by atoms with Crippen LogP contribution in [-0.4, -0.2) is 47.4 Å². The lowest BCUT2D eigenvalue weighted by Gasteiger charge is -2.20. The molecule has 0 aromatic heterocycles. The molecule has 114 valence electrons. The number of hydrogen-bond donors (Lipinski definition) is 2. The normalized spacial score (nSPS) is 10.0. The summed E-state index contributed by atoms with van der Waals surface area (Å²) in [5.74, 6) is -1.67. The van der Waals surface area contributed by atoms with Crippen molar-refractivity contribution in [3.8, 4) is 0 Å². The van der Waals surface area contributed by atoms with E-state index in [0.717, 1.165) is 0 Å².